The number of esters is 2. The first-order valence-electron chi connectivity index (χ1n) is 29.2. The first-order valence-corrected chi connectivity index (χ1v) is 29.2. The van der Waals surface area contributed by atoms with Crippen molar-refractivity contribution in [3.8, 4) is 0 Å². The minimum atomic E-state index is -1.77. The Bertz CT molecular complexity index is 1470. The Morgan fingerprint density at radius 2 is 0.851 bits per heavy atom. The van der Waals surface area contributed by atoms with E-state index >= 15 is 0 Å². The molecule has 0 amide bonds. The van der Waals surface area contributed by atoms with E-state index in [1.807, 2.05) is 0 Å². The third-order valence-corrected chi connectivity index (χ3v) is 13.8. The Balaban J connectivity index is 1.74. The minimum absolute atomic E-state index is 0.160. The van der Waals surface area contributed by atoms with Crippen LogP contribution >= 0.6 is 0 Å². The van der Waals surface area contributed by atoms with Crippen molar-refractivity contribution in [1.82, 2.24) is 0 Å². The van der Waals surface area contributed by atoms with Crippen LogP contribution in [0.4, 0.5) is 0 Å². The van der Waals surface area contributed by atoms with Gasteiger partial charge in [-0.25, -0.2) is 0 Å². The van der Waals surface area contributed by atoms with Gasteiger partial charge in [0.05, 0.1) is 19.8 Å². The molecule has 0 saturated carbocycles. The molecule has 74 heavy (non-hydrogen) atoms. The number of aliphatic hydroxyl groups excluding tert-OH is 7. The van der Waals surface area contributed by atoms with Crippen LogP contribution in [0.25, 0.3) is 0 Å². The van der Waals surface area contributed by atoms with Gasteiger partial charge in [-0.15, -0.1) is 0 Å². The monoisotopic (exact) mass is 1050 g/mol. The van der Waals surface area contributed by atoms with Crippen LogP contribution in [0, 0.1) is 0 Å². The molecule has 2 aliphatic rings. The molecule has 2 heterocycles. The number of carbonyl (C=O) groups excluding carboxylic acids is 2. The van der Waals surface area contributed by atoms with E-state index in [1.165, 1.54) is 103 Å². The van der Waals surface area contributed by atoms with E-state index in [4.69, 9.17) is 28.4 Å². The van der Waals surface area contributed by atoms with E-state index in [1.54, 1.807) is 0 Å². The second-order valence-corrected chi connectivity index (χ2v) is 20.4. The molecule has 2 rings (SSSR count). The summed E-state index contributed by atoms with van der Waals surface area (Å²) in [6.07, 6.45) is 35.5. The van der Waals surface area contributed by atoms with Crippen molar-refractivity contribution < 1.29 is 73.8 Å². The molecule has 0 aromatic carbocycles. The fourth-order valence-electron chi connectivity index (χ4n) is 9.09. The van der Waals surface area contributed by atoms with Gasteiger partial charge in [-0.2, -0.15) is 0 Å². The van der Waals surface area contributed by atoms with Crippen LogP contribution in [0.5, 0.6) is 0 Å². The molecule has 0 spiro atoms. The second-order valence-electron chi connectivity index (χ2n) is 20.4. The second kappa shape index (κ2) is 45.5. The molecule has 2 fully saturated rings. The summed E-state index contributed by atoms with van der Waals surface area (Å²) in [5.41, 5.74) is 0. The molecule has 11 atom stereocenters. The number of rotatable bonds is 46. The van der Waals surface area contributed by atoms with Crippen LogP contribution in [0.15, 0.2) is 48.6 Å². The fraction of sp³-hybridized carbons (Fsp3) is 0.831. The number of allylic oxidation sites excluding steroid dienone is 8. The highest BCUT2D eigenvalue weighted by Gasteiger charge is 2.47. The van der Waals surface area contributed by atoms with Crippen LogP contribution in [-0.4, -0.2) is 142 Å². The summed E-state index contributed by atoms with van der Waals surface area (Å²) in [7, 11) is 0. The molecule has 0 aliphatic carbocycles. The van der Waals surface area contributed by atoms with E-state index < -0.39 is 92.7 Å². The molecular weight excluding hydrogens is 949 g/mol. The maximum absolute atomic E-state index is 13.1. The molecule has 2 saturated heterocycles. The lowest BCUT2D eigenvalue weighted by Crippen LogP contribution is -2.61. The molecular formula is C59H104O15. The lowest BCUT2D eigenvalue weighted by molar-refractivity contribution is -0.332. The van der Waals surface area contributed by atoms with E-state index in [2.05, 4.69) is 62.5 Å². The molecule has 0 bridgehead atoms. The van der Waals surface area contributed by atoms with Gasteiger partial charge in [0.15, 0.2) is 18.7 Å². The molecule has 2 aliphatic heterocycles. The van der Waals surface area contributed by atoms with Crippen molar-refractivity contribution in [2.75, 3.05) is 26.4 Å². The number of carbonyl (C=O) groups is 2. The van der Waals surface area contributed by atoms with E-state index in [9.17, 15) is 45.3 Å². The fourth-order valence-corrected chi connectivity index (χ4v) is 9.09. The van der Waals surface area contributed by atoms with Crippen molar-refractivity contribution >= 4 is 11.9 Å². The summed E-state index contributed by atoms with van der Waals surface area (Å²) in [4.78, 5) is 25.9. The Morgan fingerprint density at radius 1 is 0.446 bits per heavy atom. The third-order valence-electron chi connectivity index (χ3n) is 13.8. The van der Waals surface area contributed by atoms with Crippen LogP contribution in [0.2, 0.25) is 0 Å². The van der Waals surface area contributed by atoms with Gasteiger partial charge in [0.25, 0.3) is 0 Å². The maximum atomic E-state index is 13.1. The van der Waals surface area contributed by atoms with Gasteiger partial charge in [-0.3, -0.25) is 9.59 Å². The highest BCUT2D eigenvalue weighted by molar-refractivity contribution is 5.70. The highest BCUT2D eigenvalue weighted by Crippen LogP contribution is 2.27. The average molecular weight is 1050 g/mol. The predicted molar refractivity (Wildman–Crippen MR) is 289 cm³/mol. The lowest BCUT2D eigenvalue weighted by atomic mass is 9.98. The van der Waals surface area contributed by atoms with Crippen LogP contribution in [0.3, 0.4) is 0 Å². The molecule has 0 aromatic heterocycles. The Kier molecular flexibility index (Phi) is 41.5. The largest absolute Gasteiger partial charge is 0.462 e. The first-order chi connectivity index (χ1) is 36.0. The zero-order valence-corrected chi connectivity index (χ0v) is 45.8. The van der Waals surface area contributed by atoms with Crippen molar-refractivity contribution in [1.29, 1.82) is 0 Å². The molecule has 11 unspecified atom stereocenters. The highest BCUT2D eigenvalue weighted by atomic mass is 16.7. The van der Waals surface area contributed by atoms with Gasteiger partial charge >= 0.3 is 11.9 Å². The SMILES string of the molecule is CC/C=C\C/C=C\C/C=C\C/C=C\CCCCCCCCCCCCC(=O)OC(COC(=O)CCCCCCCCCCCCCCCCC)COC1OC(COC2OC(CO)C(O)C(O)C2O)C(O)C(O)C1O. The predicted octanol–water partition coefficient (Wildman–Crippen LogP) is 9.83. The summed E-state index contributed by atoms with van der Waals surface area (Å²) in [6, 6.07) is 0. The number of aliphatic hydroxyl groups is 7. The van der Waals surface area contributed by atoms with Gasteiger partial charge in [0.1, 0.15) is 55.4 Å². The number of hydrogen-bond donors (Lipinski definition) is 7. The van der Waals surface area contributed by atoms with Crippen molar-refractivity contribution in [2.45, 2.75) is 287 Å². The minimum Gasteiger partial charge on any atom is -0.462 e. The summed E-state index contributed by atoms with van der Waals surface area (Å²) >= 11 is 0. The summed E-state index contributed by atoms with van der Waals surface area (Å²) in [5.74, 6) is -0.922. The van der Waals surface area contributed by atoms with Crippen molar-refractivity contribution in [3.63, 3.8) is 0 Å². The smallest absolute Gasteiger partial charge is 0.306 e. The molecule has 15 nitrogen and oxygen atoms in total. The maximum Gasteiger partial charge on any atom is 0.306 e. The topological polar surface area (TPSA) is 231 Å². The molecule has 0 radical (unpaired) electrons. The van der Waals surface area contributed by atoms with E-state index in [-0.39, 0.29) is 26.1 Å². The van der Waals surface area contributed by atoms with Crippen molar-refractivity contribution in [2.24, 2.45) is 0 Å². The Morgan fingerprint density at radius 3 is 1.34 bits per heavy atom. The summed E-state index contributed by atoms with van der Waals surface area (Å²) in [5, 5.41) is 72.3. The normalized spacial score (nSPS) is 25.0. The zero-order valence-electron chi connectivity index (χ0n) is 45.8. The lowest BCUT2D eigenvalue weighted by Gasteiger charge is -2.42. The number of ether oxygens (including phenoxy) is 6. The quantitative estimate of drug-likeness (QED) is 0.0171. The molecule has 0 aromatic rings. The first kappa shape index (κ1) is 67.6. The number of unbranched alkanes of at least 4 members (excludes halogenated alkanes) is 24. The molecule has 15 heteroatoms. The Labute approximate surface area is 446 Å². The zero-order chi connectivity index (χ0) is 53.9. The molecule has 430 valence electrons. The van der Waals surface area contributed by atoms with Crippen LogP contribution in [-0.2, 0) is 38.0 Å². The summed E-state index contributed by atoms with van der Waals surface area (Å²) < 4.78 is 33.7. The van der Waals surface area contributed by atoms with Crippen LogP contribution < -0.4 is 0 Å². The number of hydrogen-bond acceptors (Lipinski definition) is 15. The van der Waals surface area contributed by atoms with Gasteiger partial charge in [0, 0.05) is 12.8 Å². The Hall–Kier alpha value is -2.54. The van der Waals surface area contributed by atoms with Gasteiger partial charge < -0.3 is 64.2 Å². The van der Waals surface area contributed by atoms with Crippen molar-refractivity contribution in [3.05, 3.63) is 48.6 Å². The summed E-state index contributed by atoms with van der Waals surface area (Å²) in [6.45, 7) is 2.50. The average Bonchev–Trinajstić information content (AvgIpc) is 3.39. The van der Waals surface area contributed by atoms with E-state index in [0.717, 1.165) is 77.0 Å². The standard InChI is InChI=1S/C59H104O15/c1-3-5-7-9-11-13-15-17-19-20-21-22-23-24-25-26-28-30-32-34-36-38-40-42-51(62)72-47(44-69-50(61)41-39-37-35-33-31-29-27-18-16-14-12-10-8-6-4-2)45-70-58-57(68)55(66)53(64)49(74-58)46-71-59-56(67)54(65)52(63)48(43-60)73-59/h5,7,11,13,17,19,21-22,47-49,52-60,63-68H,3-4,6,8-10,12,14-16,18,20,23-46H2,1-2H3/b7-5-,13-11-,19-17-,22-21-. The van der Waals surface area contributed by atoms with Gasteiger partial charge in [-0.05, 0) is 51.4 Å². The van der Waals surface area contributed by atoms with Gasteiger partial charge in [0.2, 0.25) is 0 Å². The third kappa shape index (κ3) is 32.3. The van der Waals surface area contributed by atoms with Gasteiger partial charge in [-0.1, -0.05) is 204 Å². The van der Waals surface area contributed by atoms with Crippen LogP contribution in [0.1, 0.15) is 219 Å². The molecule has 7 N–H and O–H groups in total. The van der Waals surface area contributed by atoms with E-state index in [0.29, 0.717) is 12.8 Å².